The molecule has 3 N–H and O–H groups in total. The minimum absolute atomic E-state index is 0.0930. The molecule has 8 heteroatoms. The van der Waals surface area contributed by atoms with Gasteiger partial charge in [0.15, 0.2) is 0 Å². The van der Waals surface area contributed by atoms with Gasteiger partial charge in [0.25, 0.3) is 10.0 Å². The summed E-state index contributed by atoms with van der Waals surface area (Å²) in [5.74, 6) is -1.87. The maximum atomic E-state index is 13.6. The van der Waals surface area contributed by atoms with Crippen molar-refractivity contribution in [3.63, 3.8) is 0 Å². The number of nitrogens with two attached hydrogens (primary N) is 1. The highest BCUT2D eigenvalue weighted by molar-refractivity contribution is 7.92. The fraction of sp³-hybridized carbons (Fsp3) is 0.0769. The number of sulfonamides is 1. The van der Waals surface area contributed by atoms with E-state index in [9.17, 15) is 17.2 Å². The van der Waals surface area contributed by atoms with Gasteiger partial charge in [0, 0.05) is 17.8 Å². The van der Waals surface area contributed by atoms with Crippen LogP contribution in [0, 0.1) is 11.6 Å². The summed E-state index contributed by atoms with van der Waals surface area (Å²) in [5, 5.41) is 0. The van der Waals surface area contributed by atoms with Gasteiger partial charge in [0.2, 0.25) is 0 Å². The first-order chi connectivity index (χ1) is 9.83. The summed E-state index contributed by atoms with van der Waals surface area (Å²) in [7, 11) is -2.88. The molecule has 0 aliphatic rings. The second-order valence-corrected chi connectivity index (χ2v) is 5.79. The Morgan fingerprint density at radius 3 is 2.48 bits per heavy atom. The van der Waals surface area contributed by atoms with Crippen LogP contribution in [0.3, 0.4) is 0 Å². The van der Waals surface area contributed by atoms with Crippen molar-refractivity contribution in [1.29, 1.82) is 0 Å². The number of ether oxygens (including phenoxy) is 1. The Kier molecular flexibility index (Phi) is 3.99. The van der Waals surface area contributed by atoms with Gasteiger partial charge in [-0.2, -0.15) is 0 Å². The monoisotopic (exact) mass is 314 g/mol. The number of nitrogen functional groups attached to an aromatic ring is 1. The highest BCUT2D eigenvalue weighted by Crippen LogP contribution is 2.29. The SMILES string of the molecule is COc1cc(N)ccc1NS(=O)(=O)c1ccc(F)cc1F. The summed E-state index contributed by atoms with van der Waals surface area (Å²) in [5.41, 5.74) is 6.03. The number of methoxy groups -OCH3 is 1. The molecule has 0 heterocycles. The third kappa shape index (κ3) is 3.22. The van der Waals surface area contributed by atoms with Crippen LogP contribution in [0.25, 0.3) is 0 Å². The molecule has 0 radical (unpaired) electrons. The molecular formula is C13H12F2N2O3S. The minimum atomic E-state index is -4.22. The summed E-state index contributed by atoms with van der Waals surface area (Å²) < 4.78 is 57.8. The molecule has 2 rings (SSSR count). The number of benzene rings is 2. The van der Waals surface area contributed by atoms with E-state index in [-0.39, 0.29) is 11.4 Å². The van der Waals surface area contributed by atoms with Crippen LogP contribution < -0.4 is 15.2 Å². The molecular weight excluding hydrogens is 302 g/mol. The van der Waals surface area contributed by atoms with Crippen LogP contribution in [-0.4, -0.2) is 15.5 Å². The van der Waals surface area contributed by atoms with Gasteiger partial charge in [0.1, 0.15) is 22.3 Å². The van der Waals surface area contributed by atoms with E-state index in [2.05, 4.69) is 4.72 Å². The predicted octanol–water partition coefficient (Wildman–Crippen LogP) is 2.36. The number of nitrogens with one attached hydrogen (secondary N) is 1. The van der Waals surface area contributed by atoms with Gasteiger partial charge >= 0.3 is 0 Å². The number of anilines is 2. The van der Waals surface area contributed by atoms with Crippen LogP contribution in [-0.2, 0) is 10.0 Å². The van der Waals surface area contributed by atoms with E-state index in [1.165, 1.54) is 25.3 Å². The van der Waals surface area contributed by atoms with Crippen molar-refractivity contribution >= 4 is 21.4 Å². The fourth-order valence-electron chi connectivity index (χ4n) is 1.69. The van der Waals surface area contributed by atoms with Crippen LogP contribution in [0.15, 0.2) is 41.3 Å². The molecule has 0 spiro atoms. The molecule has 2 aromatic carbocycles. The molecule has 5 nitrogen and oxygen atoms in total. The largest absolute Gasteiger partial charge is 0.494 e. The van der Waals surface area contributed by atoms with Crippen LogP contribution in [0.5, 0.6) is 5.75 Å². The first-order valence-electron chi connectivity index (χ1n) is 5.75. The van der Waals surface area contributed by atoms with E-state index in [4.69, 9.17) is 10.5 Å². The zero-order chi connectivity index (χ0) is 15.6. The van der Waals surface area contributed by atoms with Crippen molar-refractivity contribution in [3.05, 3.63) is 48.0 Å². The van der Waals surface area contributed by atoms with Crippen molar-refractivity contribution in [3.8, 4) is 5.75 Å². The second kappa shape index (κ2) is 5.57. The fourth-order valence-corrected chi connectivity index (χ4v) is 2.82. The molecule has 0 atom stereocenters. The lowest BCUT2D eigenvalue weighted by molar-refractivity contribution is 0.417. The van der Waals surface area contributed by atoms with Gasteiger partial charge in [-0.25, -0.2) is 17.2 Å². The third-order valence-electron chi connectivity index (χ3n) is 2.65. The Hall–Kier alpha value is -2.35. The molecule has 0 amide bonds. The van der Waals surface area contributed by atoms with Crippen LogP contribution >= 0.6 is 0 Å². The van der Waals surface area contributed by atoms with E-state index in [1.54, 1.807) is 0 Å². The van der Waals surface area contributed by atoms with Crippen LogP contribution in [0.4, 0.5) is 20.2 Å². The van der Waals surface area contributed by atoms with E-state index in [0.29, 0.717) is 11.8 Å². The lowest BCUT2D eigenvalue weighted by Crippen LogP contribution is -2.15. The smallest absolute Gasteiger partial charge is 0.264 e. The van der Waals surface area contributed by atoms with Crippen molar-refractivity contribution < 1.29 is 21.9 Å². The minimum Gasteiger partial charge on any atom is -0.494 e. The summed E-state index contributed by atoms with van der Waals surface area (Å²) >= 11 is 0. The molecule has 0 saturated heterocycles. The van der Waals surface area contributed by atoms with Crippen molar-refractivity contribution in [1.82, 2.24) is 0 Å². The molecule has 0 aromatic heterocycles. The number of rotatable bonds is 4. The van der Waals surface area contributed by atoms with Crippen molar-refractivity contribution in [2.24, 2.45) is 0 Å². The van der Waals surface area contributed by atoms with E-state index >= 15 is 0 Å². The summed E-state index contributed by atoms with van der Waals surface area (Å²) in [4.78, 5) is -0.664. The zero-order valence-electron chi connectivity index (χ0n) is 10.9. The van der Waals surface area contributed by atoms with Crippen molar-refractivity contribution in [2.45, 2.75) is 4.90 Å². The number of hydrogen-bond acceptors (Lipinski definition) is 4. The van der Waals surface area contributed by atoms with E-state index in [0.717, 1.165) is 12.1 Å². The highest BCUT2D eigenvalue weighted by Gasteiger charge is 2.21. The standard InChI is InChI=1S/C13H12F2N2O3S/c1-20-12-7-9(16)3-4-11(12)17-21(18,19)13-5-2-8(14)6-10(13)15/h2-7,17H,16H2,1H3. The Morgan fingerprint density at radius 2 is 1.86 bits per heavy atom. The molecule has 21 heavy (non-hydrogen) atoms. The van der Waals surface area contributed by atoms with Crippen molar-refractivity contribution in [2.75, 3.05) is 17.6 Å². The van der Waals surface area contributed by atoms with Gasteiger partial charge in [0.05, 0.1) is 12.8 Å². The zero-order valence-corrected chi connectivity index (χ0v) is 11.7. The van der Waals surface area contributed by atoms with Gasteiger partial charge in [-0.1, -0.05) is 0 Å². The first-order valence-corrected chi connectivity index (χ1v) is 7.23. The topological polar surface area (TPSA) is 81.4 Å². The first kappa shape index (κ1) is 15.0. The molecule has 0 aliphatic heterocycles. The average Bonchev–Trinajstić information content (AvgIpc) is 2.40. The van der Waals surface area contributed by atoms with Gasteiger partial charge in [-0.05, 0) is 24.3 Å². The molecule has 0 aliphatic carbocycles. The molecule has 2 aromatic rings. The third-order valence-corrected chi connectivity index (χ3v) is 4.05. The molecule has 112 valence electrons. The van der Waals surface area contributed by atoms with Crippen LogP contribution in [0.1, 0.15) is 0 Å². The summed E-state index contributed by atoms with van der Waals surface area (Å²) in [6, 6.07) is 6.46. The lowest BCUT2D eigenvalue weighted by Gasteiger charge is -2.12. The predicted molar refractivity (Wildman–Crippen MR) is 74.6 cm³/mol. The number of hydrogen-bond donors (Lipinski definition) is 2. The van der Waals surface area contributed by atoms with Gasteiger partial charge < -0.3 is 10.5 Å². The Balaban J connectivity index is 2.42. The Labute approximate surface area is 120 Å². The highest BCUT2D eigenvalue weighted by atomic mass is 32.2. The summed E-state index contributed by atoms with van der Waals surface area (Å²) in [6.07, 6.45) is 0. The summed E-state index contributed by atoms with van der Waals surface area (Å²) in [6.45, 7) is 0. The van der Waals surface area contributed by atoms with E-state index < -0.39 is 26.6 Å². The van der Waals surface area contributed by atoms with E-state index in [1.807, 2.05) is 0 Å². The quantitative estimate of drug-likeness (QED) is 0.849. The normalized spacial score (nSPS) is 11.2. The lowest BCUT2D eigenvalue weighted by atomic mass is 10.2. The number of halogens is 2. The Morgan fingerprint density at radius 1 is 1.14 bits per heavy atom. The van der Waals surface area contributed by atoms with Gasteiger partial charge in [-0.15, -0.1) is 0 Å². The second-order valence-electron chi connectivity index (χ2n) is 4.14. The molecule has 0 fully saturated rings. The van der Waals surface area contributed by atoms with Crippen LogP contribution in [0.2, 0.25) is 0 Å². The Bertz CT molecular complexity index is 779. The average molecular weight is 314 g/mol. The molecule has 0 bridgehead atoms. The maximum absolute atomic E-state index is 13.6. The molecule has 0 saturated carbocycles. The maximum Gasteiger partial charge on any atom is 0.264 e. The van der Waals surface area contributed by atoms with Gasteiger partial charge in [-0.3, -0.25) is 4.72 Å². The molecule has 0 unspecified atom stereocenters.